The van der Waals surface area contributed by atoms with Crippen molar-refractivity contribution in [1.82, 2.24) is 9.97 Å². The number of nitrogens with one attached hydrogen (secondary N) is 1. The van der Waals surface area contributed by atoms with E-state index in [0.29, 0.717) is 0 Å². The fraction of sp³-hybridized carbons (Fsp3) is 0. The highest BCUT2D eigenvalue weighted by molar-refractivity contribution is 7.25. The van der Waals surface area contributed by atoms with Gasteiger partial charge < -0.3 is 5.32 Å². The summed E-state index contributed by atoms with van der Waals surface area (Å²) in [5.41, 5.74) is 8.41. The van der Waals surface area contributed by atoms with Crippen LogP contribution in [-0.2, 0) is 0 Å². The van der Waals surface area contributed by atoms with Crippen LogP contribution in [0.1, 0.15) is 0 Å². The maximum atomic E-state index is 5.04. The van der Waals surface area contributed by atoms with Crippen molar-refractivity contribution >= 4 is 53.8 Å². The molecular formula is C38H25N3S. The second-order valence-corrected chi connectivity index (χ2v) is 11.4. The lowest BCUT2D eigenvalue weighted by atomic mass is 10.0. The van der Waals surface area contributed by atoms with Crippen LogP contribution < -0.4 is 5.32 Å². The number of fused-ring (bicyclic) bond motifs is 4. The second-order valence-electron chi connectivity index (χ2n) is 10.3. The van der Waals surface area contributed by atoms with E-state index < -0.39 is 0 Å². The molecule has 6 aromatic carbocycles. The van der Waals surface area contributed by atoms with Gasteiger partial charge in [-0.2, -0.15) is 0 Å². The summed E-state index contributed by atoms with van der Waals surface area (Å²) in [6.07, 6.45) is 0. The Morgan fingerprint density at radius 2 is 1.14 bits per heavy atom. The number of hydrogen-bond donors (Lipinski definition) is 1. The van der Waals surface area contributed by atoms with Gasteiger partial charge in [0.25, 0.3) is 0 Å². The summed E-state index contributed by atoms with van der Waals surface area (Å²) in [6, 6.07) is 50.8. The molecule has 4 heteroatoms. The van der Waals surface area contributed by atoms with Crippen molar-refractivity contribution in [1.29, 1.82) is 0 Å². The van der Waals surface area contributed by atoms with E-state index in [0.717, 1.165) is 44.9 Å². The molecule has 2 aromatic heterocycles. The van der Waals surface area contributed by atoms with E-state index in [4.69, 9.17) is 9.97 Å². The third-order valence-corrected chi connectivity index (χ3v) is 8.81. The molecular weight excluding hydrogens is 531 g/mol. The standard InChI is InChI=1S/C38H25N3S/c1-3-11-25(12-4-1)31-24-36-32(29-15-8-10-18-35(29)42-36)23-34(31)39-28-21-19-27(20-22-28)38-40-33-17-9-7-16-30(33)37(41-38)26-13-5-2-6-14-26/h1-24,39H. The number of para-hydroxylation sites is 1. The van der Waals surface area contributed by atoms with E-state index in [-0.39, 0.29) is 0 Å². The van der Waals surface area contributed by atoms with Gasteiger partial charge in [0.1, 0.15) is 0 Å². The minimum atomic E-state index is 0.718. The Morgan fingerprint density at radius 1 is 0.476 bits per heavy atom. The summed E-state index contributed by atoms with van der Waals surface area (Å²) in [6.45, 7) is 0. The predicted octanol–water partition coefficient (Wildman–Crippen LogP) is 10.7. The molecule has 1 N–H and O–H groups in total. The van der Waals surface area contributed by atoms with E-state index in [1.165, 1.54) is 31.3 Å². The highest BCUT2D eigenvalue weighted by Gasteiger charge is 2.14. The third-order valence-electron chi connectivity index (χ3n) is 7.67. The van der Waals surface area contributed by atoms with E-state index in [1.807, 2.05) is 41.7 Å². The summed E-state index contributed by atoms with van der Waals surface area (Å²) >= 11 is 1.84. The zero-order valence-electron chi connectivity index (χ0n) is 22.7. The van der Waals surface area contributed by atoms with E-state index in [2.05, 4.69) is 121 Å². The van der Waals surface area contributed by atoms with E-state index >= 15 is 0 Å². The molecule has 0 saturated heterocycles. The quantitative estimate of drug-likeness (QED) is 0.229. The molecule has 42 heavy (non-hydrogen) atoms. The SMILES string of the molecule is c1ccc(-c2cc3sc4ccccc4c3cc2Nc2ccc(-c3nc(-c4ccccc4)c4ccccc4n3)cc2)cc1. The molecule has 0 amide bonds. The van der Waals surface area contributed by atoms with Gasteiger partial charge in [-0.15, -0.1) is 11.3 Å². The Labute approximate surface area is 247 Å². The van der Waals surface area contributed by atoms with Crippen molar-refractivity contribution in [2.45, 2.75) is 0 Å². The molecule has 8 aromatic rings. The van der Waals surface area contributed by atoms with Crippen LogP contribution in [0, 0.1) is 0 Å². The highest BCUT2D eigenvalue weighted by Crippen LogP contribution is 2.41. The fourth-order valence-corrected chi connectivity index (χ4v) is 6.74. The molecule has 3 nitrogen and oxygen atoms in total. The van der Waals surface area contributed by atoms with Gasteiger partial charge in [-0.25, -0.2) is 9.97 Å². The summed E-state index contributed by atoms with van der Waals surface area (Å²) < 4.78 is 2.59. The molecule has 0 spiro atoms. The van der Waals surface area contributed by atoms with Crippen molar-refractivity contribution in [2.75, 3.05) is 5.32 Å². The molecule has 198 valence electrons. The van der Waals surface area contributed by atoms with Crippen molar-refractivity contribution in [3.63, 3.8) is 0 Å². The molecule has 8 rings (SSSR count). The van der Waals surface area contributed by atoms with Crippen molar-refractivity contribution < 1.29 is 0 Å². The first-order chi connectivity index (χ1) is 20.8. The third kappa shape index (κ3) is 4.39. The molecule has 0 aliphatic rings. The number of hydrogen-bond acceptors (Lipinski definition) is 4. The summed E-state index contributed by atoms with van der Waals surface area (Å²) in [5, 5.41) is 7.34. The normalized spacial score (nSPS) is 11.3. The molecule has 0 aliphatic carbocycles. The molecule has 0 radical (unpaired) electrons. The number of benzene rings is 6. The number of anilines is 2. The van der Waals surface area contributed by atoms with Crippen LogP contribution in [0.15, 0.2) is 146 Å². The Balaban J connectivity index is 1.20. The molecule has 0 atom stereocenters. The number of rotatable bonds is 5. The van der Waals surface area contributed by atoms with Gasteiger partial charge in [0.15, 0.2) is 5.82 Å². The Hall–Kier alpha value is -5.32. The van der Waals surface area contributed by atoms with Crippen LogP contribution in [0.2, 0.25) is 0 Å². The van der Waals surface area contributed by atoms with Crippen LogP contribution in [0.3, 0.4) is 0 Å². The highest BCUT2D eigenvalue weighted by atomic mass is 32.1. The average molecular weight is 556 g/mol. The van der Waals surface area contributed by atoms with Crippen molar-refractivity contribution in [3.05, 3.63) is 146 Å². The van der Waals surface area contributed by atoms with Gasteiger partial charge in [-0.3, -0.25) is 0 Å². The van der Waals surface area contributed by atoms with Crippen molar-refractivity contribution in [3.8, 4) is 33.8 Å². The van der Waals surface area contributed by atoms with Gasteiger partial charge in [0.05, 0.1) is 11.2 Å². The first-order valence-electron chi connectivity index (χ1n) is 14.0. The lowest BCUT2D eigenvalue weighted by Crippen LogP contribution is -1.96. The van der Waals surface area contributed by atoms with Gasteiger partial charge in [-0.1, -0.05) is 97.1 Å². The molecule has 2 heterocycles. The first-order valence-corrected chi connectivity index (χ1v) is 14.8. The number of thiophene rings is 1. The zero-order chi connectivity index (χ0) is 27.9. The lowest BCUT2D eigenvalue weighted by Gasteiger charge is -2.14. The van der Waals surface area contributed by atoms with Gasteiger partial charge in [0, 0.05) is 53.6 Å². The monoisotopic (exact) mass is 555 g/mol. The number of aromatic nitrogens is 2. The molecule has 0 fully saturated rings. The average Bonchev–Trinajstić information content (AvgIpc) is 3.42. The summed E-state index contributed by atoms with van der Waals surface area (Å²) in [7, 11) is 0. The Morgan fingerprint density at radius 3 is 1.93 bits per heavy atom. The fourth-order valence-electron chi connectivity index (χ4n) is 5.61. The maximum Gasteiger partial charge on any atom is 0.160 e. The van der Waals surface area contributed by atoms with Crippen LogP contribution in [-0.4, -0.2) is 9.97 Å². The Kier molecular flexibility index (Phi) is 5.98. The first kappa shape index (κ1) is 24.5. The smallest absolute Gasteiger partial charge is 0.160 e. The van der Waals surface area contributed by atoms with Gasteiger partial charge >= 0.3 is 0 Å². The molecule has 0 saturated carbocycles. The second kappa shape index (κ2) is 10.3. The van der Waals surface area contributed by atoms with E-state index in [1.54, 1.807) is 0 Å². The van der Waals surface area contributed by atoms with Crippen LogP contribution in [0.5, 0.6) is 0 Å². The Bertz CT molecular complexity index is 2200. The molecule has 0 unspecified atom stereocenters. The van der Waals surface area contributed by atoms with Crippen molar-refractivity contribution in [2.24, 2.45) is 0 Å². The van der Waals surface area contributed by atoms with Gasteiger partial charge in [0.2, 0.25) is 0 Å². The van der Waals surface area contributed by atoms with Gasteiger partial charge in [-0.05, 0) is 54.1 Å². The number of nitrogens with zero attached hydrogens (tertiary/aromatic N) is 2. The molecule has 0 bridgehead atoms. The molecule has 0 aliphatic heterocycles. The van der Waals surface area contributed by atoms with Crippen LogP contribution >= 0.6 is 11.3 Å². The zero-order valence-corrected chi connectivity index (χ0v) is 23.5. The lowest BCUT2D eigenvalue weighted by molar-refractivity contribution is 1.23. The summed E-state index contributed by atoms with van der Waals surface area (Å²) in [4.78, 5) is 9.96. The van der Waals surface area contributed by atoms with Crippen LogP contribution in [0.25, 0.3) is 64.8 Å². The predicted molar refractivity (Wildman–Crippen MR) is 178 cm³/mol. The maximum absolute atomic E-state index is 5.04. The minimum Gasteiger partial charge on any atom is -0.355 e. The van der Waals surface area contributed by atoms with Crippen LogP contribution in [0.4, 0.5) is 11.4 Å². The topological polar surface area (TPSA) is 37.8 Å². The van der Waals surface area contributed by atoms with E-state index in [9.17, 15) is 0 Å². The summed E-state index contributed by atoms with van der Waals surface area (Å²) in [5.74, 6) is 0.718. The largest absolute Gasteiger partial charge is 0.355 e. The minimum absolute atomic E-state index is 0.718.